The fraction of sp³-hybridized carbons (Fsp3) is 1.00. The van der Waals surface area contributed by atoms with E-state index in [1.165, 1.54) is 21.1 Å². The molecule has 2 saturated heterocycles. The fourth-order valence-electron chi connectivity index (χ4n) is 3.06. The van der Waals surface area contributed by atoms with Crippen LogP contribution < -0.4 is 0 Å². The maximum Gasteiger partial charge on any atom is 0.211 e. The quantitative estimate of drug-likeness (QED) is 0.444. The monoisotopic (exact) mass is 398 g/mol. The Morgan fingerprint density at radius 1 is 0.640 bits per heavy atom. The van der Waals surface area contributed by atoms with Crippen molar-refractivity contribution < 1.29 is 21.6 Å². The van der Waals surface area contributed by atoms with Crippen LogP contribution in [0.5, 0.6) is 0 Å². The molecule has 0 aromatic heterocycles. The van der Waals surface area contributed by atoms with E-state index in [2.05, 4.69) is 9.80 Å². The van der Waals surface area contributed by atoms with E-state index in [1.54, 1.807) is 0 Å². The zero-order valence-corrected chi connectivity index (χ0v) is 16.8. The molecule has 0 aliphatic carbocycles. The lowest BCUT2D eigenvalue weighted by Gasteiger charge is -2.34. The predicted octanol–water partition coefficient (Wildman–Crippen LogP) is -1.84. The topological polar surface area (TPSA) is 90.5 Å². The van der Waals surface area contributed by atoms with E-state index in [0.29, 0.717) is 39.4 Å². The summed E-state index contributed by atoms with van der Waals surface area (Å²) in [5.41, 5.74) is 0. The molecule has 148 valence electrons. The second-order valence-electron chi connectivity index (χ2n) is 6.62. The fourth-order valence-corrected chi connectivity index (χ4v) is 4.71. The molecular weight excluding hydrogens is 368 g/mol. The second-order valence-corrected chi connectivity index (χ2v) is 10.6. The van der Waals surface area contributed by atoms with Crippen molar-refractivity contribution in [2.24, 2.45) is 0 Å². The number of hydrogen-bond acceptors (Lipinski definition) is 7. The van der Waals surface area contributed by atoms with Gasteiger partial charge in [0.05, 0.1) is 25.7 Å². The Morgan fingerprint density at radius 2 is 0.960 bits per heavy atom. The lowest BCUT2D eigenvalue weighted by atomic mass is 10.3. The Morgan fingerprint density at radius 3 is 1.24 bits per heavy atom. The number of hydrogen-bond donors (Lipinski definition) is 0. The van der Waals surface area contributed by atoms with Gasteiger partial charge in [0.25, 0.3) is 0 Å². The summed E-state index contributed by atoms with van der Waals surface area (Å²) in [6.07, 6.45) is 2.50. The van der Waals surface area contributed by atoms with Crippen molar-refractivity contribution in [3.8, 4) is 0 Å². The van der Waals surface area contributed by atoms with Crippen molar-refractivity contribution in [1.29, 1.82) is 0 Å². The third-order valence-corrected chi connectivity index (χ3v) is 7.31. The van der Waals surface area contributed by atoms with Gasteiger partial charge in [0.2, 0.25) is 20.0 Å². The first kappa shape index (κ1) is 21.0. The van der Waals surface area contributed by atoms with E-state index in [0.717, 1.165) is 39.3 Å². The Bertz CT molecular complexity index is 555. The van der Waals surface area contributed by atoms with E-state index in [-0.39, 0.29) is 0 Å². The smallest absolute Gasteiger partial charge is 0.211 e. The van der Waals surface area contributed by atoms with Crippen LogP contribution in [-0.2, 0) is 24.8 Å². The van der Waals surface area contributed by atoms with Crippen LogP contribution in [0.15, 0.2) is 0 Å². The second kappa shape index (κ2) is 9.07. The minimum absolute atomic E-state index is 0.545. The Hall–Kier alpha value is -0.300. The zero-order valence-electron chi connectivity index (χ0n) is 15.1. The molecule has 2 aliphatic heterocycles. The van der Waals surface area contributed by atoms with Crippen LogP contribution in [0.3, 0.4) is 0 Å². The van der Waals surface area contributed by atoms with Crippen LogP contribution in [0, 0.1) is 0 Å². The van der Waals surface area contributed by atoms with E-state index in [4.69, 9.17) is 4.74 Å². The normalized spacial score (nSPS) is 23.1. The number of ether oxygens (including phenoxy) is 1. The maximum atomic E-state index is 11.5. The van der Waals surface area contributed by atoms with E-state index >= 15 is 0 Å². The molecule has 11 heteroatoms. The van der Waals surface area contributed by atoms with Gasteiger partial charge < -0.3 is 4.74 Å². The minimum Gasteiger partial charge on any atom is -0.379 e. The average Bonchev–Trinajstić information content (AvgIpc) is 2.54. The van der Waals surface area contributed by atoms with Gasteiger partial charge in [-0.2, -0.15) is 8.61 Å². The van der Waals surface area contributed by atoms with Gasteiger partial charge in [-0.1, -0.05) is 0 Å². The van der Waals surface area contributed by atoms with Crippen LogP contribution in [0.25, 0.3) is 0 Å². The van der Waals surface area contributed by atoms with Crippen LogP contribution in [0.2, 0.25) is 0 Å². The summed E-state index contributed by atoms with van der Waals surface area (Å²) in [5, 5.41) is 0. The molecule has 0 bridgehead atoms. The number of piperazine rings is 2. The molecule has 0 aromatic carbocycles. The lowest BCUT2D eigenvalue weighted by Crippen LogP contribution is -2.49. The standard InChI is InChI=1S/C14H30N4O5S2/c1-24(19,20)17-7-3-15(4-8-17)11-13-23-14-12-16-5-9-18(10-6-16)25(2,21)22/h3-14H2,1-2H3. The summed E-state index contributed by atoms with van der Waals surface area (Å²) in [6, 6.07) is 0. The molecule has 9 nitrogen and oxygen atoms in total. The van der Waals surface area contributed by atoms with Crippen molar-refractivity contribution in [2.75, 3.05) is 91.2 Å². The molecule has 0 atom stereocenters. The summed E-state index contributed by atoms with van der Waals surface area (Å²) in [6.45, 7) is 8.00. The van der Waals surface area contributed by atoms with Crippen LogP contribution in [0.1, 0.15) is 0 Å². The maximum absolute atomic E-state index is 11.5. The van der Waals surface area contributed by atoms with E-state index < -0.39 is 20.0 Å². The van der Waals surface area contributed by atoms with Gasteiger partial charge in [-0.05, 0) is 0 Å². The Labute approximate surface area is 151 Å². The molecule has 25 heavy (non-hydrogen) atoms. The van der Waals surface area contributed by atoms with Gasteiger partial charge >= 0.3 is 0 Å². The molecular formula is C14H30N4O5S2. The minimum atomic E-state index is -3.08. The molecule has 0 N–H and O–H groups in total. The predicted molar refractivity (Wildman–Crippen MR) is 96.5 cm³/mol. The first-order chi connectivity index (χ1) is 11.7. The first-order valence-corrected chi connectivity index (χ1v) is 12.3. The van der Waals surface area contributed by atoms with Crippen molar-refractivity contribution >= 4 is 20.0 Å². The van der Waals surface area contributed by atoms with Gasteiger partial charge in [0.1, 0.15) is 0 Å². The highest BCUT2D eigenvalue weighted by Crippen LogP contribution is 2.07. The molecule has 0 radical (unpaired) electrons. The van der Waals surface area contributed by atoms with Crippen LogP contribution in [0.4, 0.5) is 0 Å². The molecule has 2 aliphatic rings. The van der Waals surface area contributed by atoms with Crippen molar-refractivity contribution in [3.63, 3.8) is 0 Å². The highest BCUT2D eigenvalue weighted by Gasteiger charge is 2.24. The van der Waals surface area contributed by atoms with Gasteiger partial charge in [-0.25, -0.2) is 16.8 Å². The van der Waals surface area contributed by atoms with Crippen molar-refractivity contribution in [3.05, 3.63) is 0 Å². The molecule has 2 rings (SSSR count). The van der Waals surface area contributed by atoms with Gasteiger partial charge in [0, 0.05) is 65.4 Å². The third-order valence-electron chi connectivity index (χ3n) is 4.70. The van der Waals surface area contributed by atoms with Crippen molar-refractivity contribution in [1.82, 2.24) is 18.4 Å². The summed E-state index contributed by atoms with van der Waals surface area (Å²) >= 11 is 0. The molecule has 0 spiro atoms. The SMILES string of the molecule is CS(=O)(=O)N1CCN(CCOCCN2CCN(S(C)(=O)=O)CC2)CC1. The van der Waals surface area contributed by atoms with Crippen LogP contribution >= 0.6 is 0 Å². The number of rotatable bonds is 8. The summed E-state index contributed by atoms with van der Waals surface area (Å²) < 4.78 is 54.5. The highest BCUT2D eigenvalue weighted by molar-refractivity contribution is 7.88. The molecule has 0 unspecified atom stereocenters. The number of sulfonamides is 2. The summed E-state index contributed by atoms with van der Waals surface area (Å²) in [4.78, 5) is 4.43. The zero-order chi connectivity index (χ0) is 18.5. The molecule has 0 saturated carbocycles. The third kappa shape index (κ3) is 7.08. The first-order valence-electron chi connectivity index (χ1n) is 8.59. The van der Waals surface area contributed by atoms with Crippen LogP contribution in [-0.4, -0.2) is 126 Å². The largest absolute Gasteiger partial charge is 0.379 e. The lowest BCUT2D eigenvalue weighted by molar-refractivity contribution is 0.0673. The van der Waals surface area contributed by atoms with Crippen molar-refractivity contribution in [2.45, 2.75) is 0 Å². The Kier molecular flexibility index (Phi) is 7.62. The Balaban J connectivity index is 1.52. The van der Waals surface area contributed by atoms with E-state index in [9.17, 15) is 16.8 Å². The van der Waals surface area contributed by atoms with Gasteiger partial charge in [-0.3, -0.25) is 9.80 Å². The summed E-state index contributed by atoms with van der Waals surface area (Å²) in [7, 11) is -6.15. The number of nitrogens with zero attached hydrogens (tertiary/aromatic N) is 4. The van der Waals surface area contributed by atoms with E-state index in [1.807, 2.05) is 0 Å². The average molecular weight is 399 g/mol. The molecule has 0 aromatic rings. The van der Waals surface area contributed by atoms with Gasteiger partial charge in [0.15, 0.2) is 0 Å². The molecule has 2 fully saturated rings. The van der Waals surface area contributed by atoms with Gasteiger partial charge in [-0.15, -0.1) is 0 Å². The molecule has 0 amide bonds. The summed E-state index contributed by atoms with van der Waals surface area (Å²) in [5.74, 6) is 0. The molecule has 2 heterocycles. The highest BCUT2D eigenvalue weighted by atomic mass is 32.2.